The molecule has 0 aliphatic rings. The summed E-state index contributed by atoms with van der Waals surface area (Å²) < 4.78 is 0. The van der Waals surface area contributed by atoms with E-state index in [1.165, 1.54) is 86.5 Å². The summed E-state index contributed by atoms with van der Waals surface area (Å²) in [7, 11) is 0. The highest BCUT2D eigenvalue weighted by Gasteiger charge is 2.14. The molecule has 0 aliphatic heterocycles. The van der Waals surface area contributed by atoms with Crippen LogP contribution in [0.5, 0.6) is 0 Å². The monoisotopic (exact) mass is 765 g/mol. The van der Waals surface area contributed by atoms with Crippen molar-refractivity contribution in [3.8, 4) is 11.1 Å². The van der Waals surface area contributed by atoms with Gasteiger partial charge in [0, 0.05) is 5.92 Å². The van der Waals surface area contributed by atoms with Crippen LogP contribution in [-0.2, 0) is 6.42 Å². The van der Waals surface area contributed by atoms with Crippen molar-refractivity contribution in [2.24, 2.45) is 0 Å². The number of hydrogen-bond acceptors (Lipinski definition) is 0. The van der Waals surface area contributed by atoms with E-state index in [1.54, 1.807) is 0 Å². The van der Waals surface area contributed by atoms with Crippen LogP contribution >= 0.6 is 0 Å². The zero-order chi connectivity index (χ0) is 40.7. The lowest BCUT2D eigenvalue weighted by atomic mass is 9.86. The third kappa shape index (κ3) is 15.7. The second kappa shape index (κ2) is 26.2. The molecule has 7 aromatic carbocycles. The zero-order valence-corrected chi connectivity index (χ0v) is 35.4. The van der Waals surface area contributed by atoms with Gasteiger partial charge in [0.15, 0.2) is 0 Å². The molecule has 0 nitrogen and oxygen atoms in total. The fraction of sp³-hybridized carbons (Fsp3) is 0.241. The highest BCUT2D eigenvalue weighted by atomic mass is 14.2. The van der Waals surface area contributed by atoms with E-state index in [4.69, 9.17) is 0 Å². The predicted octanol–water partition coefficient (Wildman–Crippen LogP) is 17.6. The Bertz CT molecular complexity index is 2170. The first-order valence-corrected chi connectivity index (χ1v) is 20.9. The molecule has 58 heavy (non-hydrogen) atoms. The van der Waals surface area contributed by atoms with Crippen LogP contribution in [0.2, 0.25) is 0 Å². The van der Waals surface area contributed by atoms with Crippen LogP contribution in [0.15, 0.2) is 195 Å². The molecule has 0 aromatic heterocycles. The van der Waals surface area contributed by atoms with Crippen LogP contribution in [0.4, 0.5) is 0 Å². The number of aryl methyl sites for hydroxylation is 3. The minimum Gasteiger partial charge on any atom is -0.0955 e. The van der Waals surface area contributed by atoms with E-state index >= 15 is 0 Å². The molecule has 0 radical (unpaired) electrons. The Balaban J connectivity index is 0.000000278. The molecule has 0 amide bonds. The van der Waals surface area contributed by atoms with Gasteiger partial charge in [0.25, 0.3) is 0 Å². The topological polar surface area (TPSA) is 0 Å². The van der Waals surface area contributed by atoms with Crippen LogP contribution in [0.3, 0.4) is 0 Å². The Morgan fingerprint density at radius 3 is 1.55 bits per heavy atom. The molecular weight excluding hydrogens is 697 g/mol. The predicted molar refractivity (Wildman–Crippen MR) is 261 cm³/mol. The minimum absolute atomic E-state index is 0. The summed E-state index contributed by atoms with van der Waals surface area (Å²) in [6.07, 6.45) is 9.61. The van der Waals surface area contributed by atoms with Crippen LogP contribution in [0, 0.1) is 13.8 Å². The third-order valence-electron chi connectivity index (χ3n) is 9.97. The summed E-state index contributed by atoms with van der Waals surface area (Å²) in [5, 5.41) is 2.72. The lowest BCUT2D eigenvalue weighted by Crippen LogP contribution is -1.99. The summed E-state index contributed by atoms with van der Waals surface area (Å²) in [5.74, 6) is 0.435. The van der Waals surface area contributed by atoms with Crippen molar-refractivity contribution in [2.45, 2.75) is 93.4 Å². The largest absolute Gasteiger partial charge is 0.0955 e. The number of fused-ring (bicyclic) bond motifs is 1. The quantitative estimate of drug-likeness (QED) is 0.123. The highest BCUT2D eigenvalue weighted by Crippen LogP contribution is 2.34. The standard InChI is InChI=1S/C32H34.C9H10.C9H12.C7H8.CH4/c1-4-9-29(27-21-19-26(20-22-27)25-17-15-24(3)16-18-25)23-30(10-5-2)32-14-8-12-28-11-6-7-13-31(28)32;1-8(2)9-6-4-3-5-7-9;1-2-6-9-7-4-3-5-8-9;1-7-5-3-2-4-6-7;/h6-8,11-23,30H,4-5,9-10H2,1-3H3;3-7H,1H2,2H3;3-5,7-8H,2,6H2,1H3;2-6H,1H3;1H4/b29-23+;;;;. The van der Waals surface area contributed by atoms with Gasteiger partial charge in [0.2, 0.25) is 0 Å². The molecule has 0 heterocycles. The smallest absolute Gasteiger partial charge is 0.00300 e. The van der Waals surface area contributed by atoms with Gasteiger partial charge in [0.05, 0.1) is 0 Å². The molecule has 300 valence electrons. The first kappa shape index (κ1) is 46.7. The molecule has 0 aliphatic carbocycles. The molecule has 0 N–H and O–H groups in total. The minimum atomic E-state index is 0. The van der Waals surface area contributed by atoms with E-state index in [1.807, 2.05) is 43.3 Å². The van der Waals surface area contributed by atoms with Crippen molar-refractivity contribution in [1.29, 1.82) is 0 Å². The maximum atomic E-state index is 3.83. The van der Waals surface area contributed by atoms with Gasteiger partial charge >= 0.3 is 0 Å². The lowest BCUT2D eigenvalue weighted by molar-refractivity contribution is 0.720. The molecule has 7 aromatic rings. The fourth-order valence-electron chi connectivity index (χ4n) is 6.86. The molecule has 1 unspecified atom stereocenters. The molecule has 0 saturated carbocycles. The van der Waals surface area contributed by atoms with Gasteiger partial charge in [-0.05, 0) is 89.8 Å². The van der Waals surface area contributed by atoms with Crippen molar-refractivity contribution in [3.05, 3.63) is 228 Å². The van der Waals surface area contributed by atoms with Gasteiger partial charge in [-0.1, -0.05) is 259 Å². The normalized spacial score (nSPS) is 11.0. The van der Waals surface area contributed by atoms with Crippen LogP contribution < -0.4 is 0 Å². The lowest BCUT2D eigenvalue weighted by Gasteiger charge is -2.18. The Kier molecular flexibility index (Phi) is 21.1. The van der Waals surface area contributed by atoms with Crippen molar-refractivity contribution >= 4 is 21.9 Å². The average molecular weight is 765 g/mol. The number of rotatable bonds is 11. The van der Waals surface area contributed by atoms with Crippen molar-refractivity contribution in [1.82, 2.24) is 0 Å². The Morgan fingerprint density at radius 1 is 0.517 bits per heavy atom. The Hall–Kier alpha value is -5.72. The van der Waals surface area contributed by atoms with E-state index < -0.39 is 0 Å². The molecule has 0 spiro atoms. The van der Waals surface area contributed by atoms with Gasteiger partial charge in [-0.2, -0.15) is 0 Å². The molecule has 1 atom stereocenters. The number of allylic oxidation sites excluding steroid dienone is 3. The number of benzene rings is 7. The van der Waals surface area contributed by atoms with Crippen LogP contribution in [0.25, 0.3) is 33.0 Å². The van der Waals surface area contributed by atoms with E-state index in [0.717, 1.165) is 18.4 Å². The fourth-order valence-corrected chi connectivity index (χ4v) is 6.86. The van der Waals surface area contributed by atoms with Crippen molar-refractivity contribution < 1.29 is 0 Å². The summed E-state index contributed by atoms with van der Waals surface area (Å²) in [4.78, 5) is 0. The van der Waals surface area contributed by atoms with Crippen LogP contribution in [-0.4, -0.2) is 0 Å². The van der Waals surface area contributed by atoms with Crippen molar-refractivity contribution in [2.75, 3.05) is 0 Å². The summed E-state index contributed by atoms with van der Waals surface area (Å²) in [6.45, 7) is 16.8. The van der Waals surface area contributed by atoms with E-state index in [2.05, 4.69) is 193 Å². The highest BCUT2D eigenvalue weighted by molar-refractivity contribution is 5.86. The van der Waals surface area contributed by atoms with E-state index in [9.17, 15) is 0 Å². The average Bonchev–Trinajstić information content (AvgIpc) is 3.25. The van der Waals surface area contributed by atoms with E-state index in [-0.39, 0.29) is 7.43 Å². The van der Waals surface area contributed by atoms with E-state index in [0.29, 0.717) is 5.92 Å². The molecule has 0 heteroatoms. The zero-order valence-electron chi connectivity index (χ0n) is 35.4. The van der Waals surface area contributed by atoms with Gasteiger partial charge in [-0.3, -0.25) is 0 Å². The second-order valence-corrected chi connectivity index (χ2v) is 14.9. The second-order valence-electron chi connectivity index (χ2n) is 14.9. The van der Waals surface area contributed by atoms with Gasteiger partial charge in [-0.15, -0.1) is 0 Å². The Labute approximate surface area is 353 Å². The Morgan fingerprint density at radius 2 is 1.03 bits per heavy atom. The maximum Gasteiger partial charge on any atom is 0.00300 e. The van der Waals surface area contributed by atoms with Gasteiger partial charge in [-0.25, -0.2) is 0 Å². The number of hydrogen-bond donors (Lipinski definition) is 0. The molecular formula is C58H68. The van der Waals surface area contributed by atoms with Gasteiger partial charge in [0.1, 0.15) is 0 Å². The molecule has 0 saturated heterocycles. The summed E-state index contributed by atoms with van der Waals surface area (Å²) in [6, 6.07) is 64.5. The first-order chi connectivity index (χ1) is 27.8. The van der Waals surface area contributed by atoms with Gasteiger partial charge < -0.3 is 0 Å². The summed E-state index contributed by atoms with van der Waals surface area (Å²) in [5.41, 5.74) is 13.2. The molecule has 0 fully saturated rings. The molecule has 7 rings (SSSR count). The molecule has 0 bridgehead atoms. The van der Waals surface area contributed by atoms with Crippen molar-refractivity contribution in [3.63, 3.8) is 0 Å². The summed E-state index contributed by atoms with van der Waals surface area (Å²) >= 11 is 0. The van der Waals surface area contributed by atoms with Crippen LogP contribution in [0.1, 0.15) is 107 Å². The third-order valence-corrected chi connectivity index (χ3v) is 9.97. The first-order valence-electron chi connectivity index (χ1n) is 20.9. The SMILES string of the molecule is C.C=C(C)c1ccccc1.CCC/C(=C\C(CCC)c1cccc2ccccc12)c1ccc(-c2ccc(C)cc2)cc1.CCCc1ccccc1.Cc1ccccc1. The maximum absolute atomic E-state index is 3.83.